The molecule has 1 aromatic heterocycles. The van der Waals surface area contributed by atoms with Crippen LogP contribution < -0.4 is 10.1 Å². The quantitative estimate of drug-likeness (QED) is 0.638. The summed E-state index contributed by atoms with van der Waals surface area (Å²) in [5.41, 5.74) is 1.76. The monoisotopic (exact) mass is 489 g/mol. The third-order valence-corrected chi connectivity index (χ3v) is 7.68. The molecular formula is C26H30F3N3O3. The number of rotatable bonds is 4. The van der Waals surface area contributed by atoms with Gasteiger partial charge in [0.15, 0.2) is 0 Å². The number of carbonyl (C=O) groups excluding carboxylic acids is 1. The van der Waals surface area contributed by atoms with Crippen molar-refractivity contribution in [1.29, 1.82) is 0 Å². The number of ether oxygens (including phenoxy) is 2. The number of methoxy groups -OCH3 is 1. The molecule has 0 saturated carbocycles. The first-order valence-electron chi connectivity index (χ1n) is 12.0. The maximum Gasteiger partial charge on any atom is 0.421 e. The minimum absolute atomic E-state index is 0.0748. The SMILES string of the molecule is COc1ncc(-c2ccc3c(c2)CC(C)(C)C3NC(=O)O[C@@H]2CN3CCC2CC3)cc1C(F)(F)F. The Balaban J connectivity index is 1.36. The van der Waals surface area contributed by atoms with Crippen molar-refractivity contribution in [3.63, 3.8) is 0 Å². The van der Waals surface area contributed by atoms with Crippen LogP contribution >= 0.6 is 0 Å². The number of hydrogen-bond donors (Lipinski definition) is 1. The lowest BCUT2D eigenvalue weighted by Crippen LogP contribution is -2.53. The topological polar surface area (TPSA) is 63.7 Å². The Bertz CT molecular complexity index is 1130. The molecular weight excluding hydrogens is 459 g/mol. The van der Waals surface area contributed by atoms with E-state index in [1.54, 1.807) is 6.07 Å². The molecule has 0 radical (unpaired) electrons. The van der Waals surface area contributed by atoms with Gasteiger partial charge in [-0.3, -0.25) is 4.90 Å². The molecule has 2 bridgehead atoms. The zero-order valence-corrected chi connectivity index (χ0v) is 20.1. The van der Waals surface area contributed by atoms with Gasteiger partial charge in [-0.2, -0.15) is 13.2 Å². The van der Waals surface area contributed by atoms with Crippen molar-refractivity contribution in [2.45, 2.75) is 51.4 Å². The number of nitrogens with zero attached hydrogens (tertiary/aromatic N) is 2. The minimum atomic E-state index is -4.57. The second kappa shape index (κ2) is 8.69. The zero-order valence-electron chi connectivity index (χ0n) is 20.1. The van der Waals surface area contributed by atoms with Crippen LogP contribution in [0.1, 0.15) is 49.4 Å². The van der Waals surface area contributed by atoms with E-state index >= 15 is 0 Å². The molecule has 0 spiro atoms. The van der Waals surface area contributed by atoms with Crippen LogP contribution in [0.3, 0.4) is 0 Å². The van der Waals surface area contributed by atoms with Crippen LogP contribution in [0.25, 0.3) is 11.1 Å². The Morgan fingerprint density at radius 3 is 2.54 bits per heavy atom. The van der Waals surface area contributed by atoms with Crippen LogP contribution in [0.4, 0.5) is 18.0 Å². The molecule has 1 unspecified atom stereocenters. The van der Waals surface area contributed by atoms with Gasteiger partial charge in [0.2, 0.25) is 5.88 Å². The summed E-state index contributed by atoms with van der Waals surface area (Å²) < 4.78 is 51.0. The van der Waals surface area contributed by atoms with Crippen LogP contribution in [0.15, 0.2) is 30.5 Å². The Morgan fingerprint density at radius 2 is 1.91 bits per heavy atom. The fourth-order valence-electron chi connectivity index (χ4n) is 5.82. The van der Waals surface area contributed by atoms with Gasteiger partial charge >= 0.3 is 12.3 Å². The summed E-state index contributed by atoms with van der Waals surface area (Å²) >= 11 is 0. The number of hydrogen-bond acceptors (Lipinski definition) is 5. The molecule has 9 heteroatoms. The number of aromatic nitrogens is 1. The highest BCUT2D eigenvalue weighted by Crippen LogP contribution is 2.47. The molecule has 1 aromatic carbocycles. The van der Waals surface area contributed by atoms with E-state index in [9.17, 15) is 18.0 Å². The second-order valence-electron chi connectivity index (χ2n) is 10.5. The molecule has 3 saturated heterocycles. The Morgan fingerprint density at radius 1 is 1.17 bits per heavy atom. The number of amides is 1. The number of pyridine rings is 1. The van der Waals surface area contributed by atoms with E-state index < -0.39 is 23.7 Å². The maximum atomic E-state index is 13.5. The third-order valence-electron chi connectivity index (χ3n) is 7.68. The molecule has 3 aliphatic heterocycles. The lowest BCUT2D eigenvalue weighted by atomic mass is 9.85. The number of halogens is 3. The molecule has 1 aliphatic carbocycles. The summed E-state index contributed by atoms with van der Waals surface area (Å²) in [5, 5.41) is 3.08. The van der Waals surface area contributed by atoms with E-state index in [4.69, 9.17) is 9.47 Å². The van der Waals surface area contributed by atoms with Crippen molar-refractivity contribution in [2.75, 3.05) is 26.7 Å². The molecule has 35 heavy (non-hydrogen) atoms. The highest BCUT2D eigenvalue weighted by Gasteiger charge is 2.42. The largest absolute Gasteiger partial charge is 0.481 e. The summed E-state index contributed by atoms with van der Waals surface area (Å²) in [7, 11) is 1.17. The summed E-state index contributed by atoms with van der Waals surface area (Å²) in [6.07, 6.45) is -0.865. The van der Waals surface area contributed by atoms with Crippen molar-refractivity contribution in [3.8, 4) is 17.0 Å². The number of alkyl halides is 3. The second-order valence-corrected chi connectivity index (χ2v) is 10.5. The molecule has 2 aromatic rings. The molecule has 188 valence electrons. The van der Waals surface area contributed by atoms with E-state index in [-0.39, 0.29) is 17.6 Å². The average molecular weight is 490 g/mol. The smallest absolute Gasteiger partial charge is 0.421 e. The van der Waals surface area contributed by atoms with Crippen molar-refractivity contribution in [2.24, 2.45) is 11.3 Å². The van der Waals surface area contributed by atoms with Gasteiger partial charge in [0.1, 0.15) is 11.7 Å². The molecule has 6 rings (SSSR count). The van der Waals surface area contributed by atoms with E-state index in [2.05, 4.69) is 29.0 Å². The predicted octanol–water partition coefficient (Wildman–Crippen LogP) is 5.22. The Labute approximate surface area is 202 Å². The first-order valence-corrected chi connectivity index (χ1v) is 12.0. The number of piperidine rings is 3. The molecule has 2 atom stereocenters. The Kier molecular flexibility index (Phi) is 5.94. The highest BCUT2D eigenvalue weighted by molar-refractivity contribution is 5.70. The van der Waals surface area contributed by atoms with Gasteiger partial charge in [-0.25, -0.2) is 9.78 Å². The standard InChI is InChI=1S/C26H30F3N3O3/c1-25(2)12-17-10-16(18-11-20(26(27,28)29)23(34-3)30-13-18)4-5-19(17)22(25)31-24(33)35-21-14-32-8-6-15(21)7-9-32/h4-5,10-11,13,15,21-22H,6-9,12,14H2,1-3H3,(H,31,33)/t21-,22?/m1/s1. The maximum absolute atomic E-state index is 13.5. The van der Waals surface area contributed by atoms with Gasteiger partial charge in [-0.15, -0.1) is 0 Å². The highest BCUT2D eigenvalue weighted by atomic mass is 19.4. The van der Waals surface area contributed by atoms with Gasteiger partial charge in [0.25, 0.3) is 0 Å². The fourth-order valence-corrected chi connectivity index (χ4v) is 5.82. The van der Waals surface area contributed by atoms with E-state index in [0.717, 1.165) is 49.7 Å². The first-order chi connectivity index (χ1) is 16.5. The first kappa shape index (κ1) is 23.9. The van der Waals surface area contributed by atoms with Crippen molar-refractivity contribution < 1.29 is 27.4 Å². The van der Waals surface area contributed by atoms with Crippen LogP contribution in [0.2, 0.25) is 0 Å². The normalized spacial score (nSPS) is 26.8. The lowest BCUT2D eigenvalue weighted by molar-refractivity contribution is -0.139. The van der Waals surface area contributed by atoms with Gasteiger partial charge < -0.3 is 14.8 Å². The van der Waals surface area contributed by atoms with Gasteiger partial charge in [0.05, 0.1) is 13.2 Å². The zero-order chi connectivity index (χ0) is 25.0. The number of fused-ring (bicyclic) bond motifs is 4. The molecule has 1 amide bonds. The lowest BCUT2D eigenvalue weighted by Gasteiger charge is -2.44. The fraction of sp³-hybridized carbons (Fsp3) is 0.538. The van der Waals surface area contributed by atoms with Crippen LogP contribution in [-0.4, -0.2) is 48.8 Å². The van der Waals surface area contributed by atoms with Crippen LogP contribution in [0.5, 0.6) is 5.88 Å². The van der Waals surface area contributed by atoms with Crippen molar-refractivity contribution in [1.82, 2.24) is 15.2 Å². The average Bonchev–Trinajstić information content (AvgIpc) is 3.07. The van der Waals surface area contributed by atoms with Gasteiger partial charge in [0, 0.05) is 18.3 Å². The van der Waals surface area contributed by atoms with E-state index in [1.807, 2.05) is 12.1 Å². The molecule has 1 N–H and O–H groups in total. The predicted molar refractivity (Wildman–Crippen MR) is 124 cm³/mol. The van der Waals surface area contributed by atoms with Gasteiger partial charge in [-0.1, -0.05) is 32.0 Å². The summed E-state index contributed by atoms with van der Waals surface area (Å²) in [4.78, 5) is 19.1. The molecule has 4 aliphatic rings. The van der Waals surface area contributed by atoms with E-state index in [1.165, 1.54) is 13.3 Å². The van der Waals surface area contributed by atoms with Crippen molar-refractivity contribution in [3.05, 3.63) is 47.2 Å². The van der Waals surface area contributed by atoms with Gasteiger partial charge in [-0.05, 0) is 66.4 Å². The third kappa shape index (κ3) is 4.58. The Hall–Kier alpha value is -2.81. The van der Waals surface area contributed by atoms with E-state index in [0.29, 0.717) is 23.5 Å². The number of nitrogens with one attached hydrogen (secondary N) is 1. The van der Waals surface area contributed by atoms with Crippen molar-refractivity contribution >= 4 is 6.09 Å². The number of carbonyl (C=O) groups is 1. The number of alkyl carbamates (subject to hydrolysis) is 1. The molecule has 3 fully saturated rings. The van der Waals surface area contributed by atoms with Crippen LogP contribution in [-0.2, 0) is 17.3 Å². The summed E-state index contributed by atoms with van der Waals surface area (Å²) in [6.45, 7) is 7.09. The minimum Gasteiger partial charge on any atom is -0.481 e. The summed E-state index contributed by atoms with van der Waals surface area (Å²) in [6, 6.07) is 6.36. The summed E-state index contributed by atoms with van der Waals surface area (Å²) in [5.74, 6) is -0.0221. The molecule has 6 nitrogen and oxygen atoms in total. The van der Waals surface area contributed by atoms with Crippen LogP contribution in [0, 0.1) is 11.3 Å². The number of benzene rings is 1. The molecule has 4 heterocycles.